The molecular weight excluding hydrogens is 308 g/mol. The number of nitrogens with zero attached hydrogens (tertiary/aromatic N) is 3. The Labute approximate surface area is 140 Å². The fourth-order valence-electron chi connectivity index (χ4n) is 2.25. The largest absolute Gasteiger partial charge is 0.465 e. The third kappa shape index (κ3) is 3.68. The van der Waals surface area contributed by atoms with Crippen LogP contribution in [0, 0.1) is 0 Å². The molecule has 126 valence electrons. The molecule has 1 heterocycles. The minimum Gasteiger partial charge on any atom is -0.465 e. The summed E-state index contributed by atoms with van der Waals surface area (Å²) in [6.07, 6.45) is 0. The molecule has 0 saturated carbocycles. The molecule has 0 bridgehead atoms. The highest BCUT2D eigenvalue weighted by Gasteiger charge is 2.14. The van der Waals surface area contributed by atoms with Crippen molar-refractivity contribution in [1.29, 1.82) is 0 Å². The molecule has 2 rings (SSSR count). The zero-order valence-electron chi connectivity index (χ0n) is 13.9. The van der Waals surface area contributed by atoms with Crippen LogP contribution in [0.1, 0.15) is 34.7 Å². The van der Waals surface area contributed by atoms with Gasteiger partial charge in [-0.05, 0) is 32.0 Å². The van der Waals surface area contributed by atoms with E-state index in [0.29, 0.717) is 30.3 Å². The van der Waals surface area contributed by atoms with Crippen molar-refractivity contribution in [3.05, 3.63) is 41.6 Å². The summed E-state index contributed by atoms with van der Waals surface area (Å²) in [5, 5.41) is 0. The molecule has 7 heteroatoms. The van der Waals surface area contributed by atoms with E-state index in [-0.39, 0.29) is 5.69 Å². The molecule has 0 atom stereocenters. The number of hydrogen-bond donors (Lipinski definition) is 1. The van der Waals surface area contributed by atoms with Gasteiger partial charge in [-0.25, -0.2) is 14.8 Å². The van der Waals surface area contributed by atoms with Crippen LogP contribution in [0.2, 0.25) is 0 Å². The first-order valence-electron chi connectivity index (χ1n) is 7.62. The number of aromatic nitrogens is 2. The summed E-state index contributed by atoms with van der Waals surface area (Å²) in [5.41, 5.74) is 7.29. The fraction of sp³-hybridized carbons (Fsp3) is 0.294. The maximum absolute atomic E-state index is 11.6. The molecule has 7 nitrogen and oxygen atoms in total. The monoisotopic (exact) mass is 328 g/mol. The van der Waals surface area contributed by atoms with Crippen molar-refractivity contribution in [3.8, 4) is 11.3 Å². The van der Waals surface area contributed by atoms with E-state index in [4.69, 9.17) is 5.73 Å². The molecule has 2 aromatic rings. The predicted molar refractivity (Wildman–Crippen MR) is 90.9 cm³/mol. The number of esters is 1. The summed E-state index contributed by atoms with van der Waals surface area (Å²) < 4.78 is 4.68. The first-order chi connectivity index (χ1) is 11.5. The van der Waals surface area contributed by atoms with Gasteiger partial charge in [0.15, 0.2) is 0 Å². The van der Waals surface area contributed by atoms with Crippen molar-refractivity contribution in [3.63, 3.8) is 0 Å². The maximum atomic E-state index is 11.6. The Balaban J connectivity index is 2.48. The number of nitrogens with two attached hydrogens (primary N) is 1. The van der Waals surface area contributed by atoms with Crippen LogP contribution in [0.15, 0.2) is 30.3 Å². The molecule has 0 saturated heterocycles. The van der Waals surface area contributed by atoms with Gasteiger partial charge >= 0.3 is 5.97 Å². The van der Waals surface area contributed by atoms with Gasteiger partial charge in [-0.15, -0.1) is 0 Å². The van der Waals surface area contributed by atoms with E-state index in [0.717, 1.165) is 5.56 Å². The lowest BCUT2D eigenvalue weighted by atomic mass is 10.1. The third-order valence-electron chi connectivity index (χ3n) is 3.61. The molecule has 1 aromatic heterocycles. The quantitative estimate of drug-likeness (QED) is 0.813. The summed E-state index contributed by atoms with van der Waals surface area (Å²) in [4.78, 5) is 33.7. The molecule has 0 aliphatic carbocycles. The van der Waals surface area contributed by atoms with Crippen LogP contribution < -0.4 is 10.6 Å². The highest BCUT2D eigenvalue weighted by molar-refractivity contribution is 5.92. The first kappa shape index (κ1) is 17.4. The molecule has 0 unspecified atom stereocenters. The number of benzene rings is 1. The van der Waals surface area contributed by atoms with Crippen molar-refractivity contribution >= 4 is 17.8 Å². The van der Waals surface area contributed by atoms with Gasteiger partial charge in [0, 0.05) is 18.7 Å². The molecule has 1 aromatic carbocycles. The van der Waals surface area contributed by atoms with Crippen LogP contribution in [0.4, 0.5) is 5.95 Å². The van der Waals surface area contributed by atoms with E-state index in [2.05, 4.69) is 14.7 Å². The summed E-state index contributed by atoms with van der Waals surface area (Å²) in [7, 11) is 1.33. The summed E-state index contributed by atoms with van der Waals surface area (Å²) in [6, 6.07) is 8.31. The Hall–Kier alpha value is -2.96. The lowest BCUT2D eigenvalue weighted by Crippen LogP contribution is -2.26. The second-order valence-corrected chi connectivity index (χ2v) is 5.04. The molecule has 0 spiro atoms. The van der Waals surface area contributed by atoms with Gasteiger partial charge in [-0.3, -0.25) is 4.79 Å². The number of amides is 1. The van der Waals surface area contributed by atoms with Crippen molar-refractivity contribution in [2.24, 2.45) is 5.73 Å². The summed E-state index contributed by atoms with van der Waals surface area (Å²) in [5.74, 6) is -0.576. The van der Waals surface area contributed by atoms with Gasteiger partial charge in [0.05, 0.1) is 18.4 Å². The summed E-state index contributed by atoms with van der Waals surface area (Å²) >= 11 is 0. The average molecular weight is 328 g/mol. The highest BCUT2D eigenvalue weighted by Crippen LogP contribution is 2.21. The Kier molecular flexibility index (Phi) is 5.47. The lowest BCUT2D eigenvalue weighted by Gasteiger charge is -2.19. The Morgan fingerprint density at radius 1 is 1.12 bits per heavy atom. The van der Waals surface area contributed by atoms with Crippen molar-refractivity contribution < 1.29 is 14.3 Å². The number of hydrogen-bond acceptors (Lipinski definition) is 6. The number of methoxy groups -OCH3 is 1. The number of primary amides is 1. The number of rotatable bonds is 6. The Morgan fingerprint density at radius 3 is 2.25 bits per heavy atom. The van der Waals surface area contributed by atoms with Crippen molar-refractivity contribution in [2.75, 3.05) is 25.1 Å². The number of ether oxygens (including phenoxy) is 1. The second kappa shape index (κ2) is 7.54. The molecule has 0 radical (unpaired) electrons. The third-order valence-corrected chi connectivity index (χ3v) is 3.61. The number of carbonyl (C=O) groups is 2. The fourth-order valence-corrected chi connectivity index (χ4v) is 2.25. The molecule has 0 fully saturated rings. The maximum Gasteiger partial charge on any atom is 0.337 e. The molecule has 24 heavy (non-hydrogen) atoms. The number of anilines is 1. The molecule has 2 N–H and O–H groups in total. The first-order valence-corrected chi connectivity index (χ1v) is 7.62. The van der Waals surface area contributed by atoms with Gasteiger partial charge in [-0.2, -0.15) is 0 Å². The molecule has 1 amide bonds. The zero-order valence-corrected chi connectivity index (χ0v) is 13.9. The van der Waals surface area contributed by atoms with Gasteiger partial charge < -0.3 is 15.4 Å². The zero-order chi connectivity index (χ0) is 17.7. The van der Waals surface area contributed by atoms with Gasteiger partial charge in [0.25, 0.3) is 5.91 Å². The van der Waals surface area contributed by atoms with Crippen LogP contribution >= 0.6 is 0 Å². The van der Waals surface area contributed by atoms with E-state index in [9.17, 15) is 9.59 Å². The van der Waals surface area contributed by atoms with Gasteiger partial charge in [0.2, 0.25) is 5.95 Å². The van der Waals surface area contributed by atoms with E-state index >= 15 is 0 Å². The second-order valence-electron chi connectivity index (χ2n) is 5.04. The Morgan fingerprint density at radius 2 is 1.75 bits per heavy atom. The van der Waals surface area contributed by atoms with E-state index < -0.39 is 11.9 Å². The van der Waals surface area contributed by atoms with Gasteiger partial charge in [-0.1, -0.05) is 12.1 Å². The Bertz CT molecular complexity index is 740. The average Bonchev–Trinajstić information content (AvgIpc) is 2.62. The normalized spacial score (nSPS) is 10.3. The smallest absolute Gasteiger partial charge is 0.337 e. The van der Waals surface area contributed by atoms with E-state index in [1.807, 2.05) is 18.7 Å². The number of carbonyl (C=O) groups excluding carboxylic acids is 2. The van der Waals surface area contributed by atoms with Crippen molar-refractivity contribution in [2.45, 2.75) is 13.8 Å². The highest BCUT2D eigenvalue weighted by atomic mass is 16.5. The SMILES string of the molecule is CCN(CC)c1nc(C(N)=O)cc(-c2ccc(C(=O)OC)cc2)n1. The lowest BCUT2D eigenvalue weighted by molar-refractivity contribution is 0.0600. The standard InChI is InChI=1S/C17H20N4O3/c1-4-21(5-2)17-19-13(10-14(20-17)15(18)22)11-6-8-12(9-7-11)16(23)24-3/h6-10H,4-5H2,1-3H3,(H2,18,22). The van der Waals surface area contributed by atoms with Crippen LogP contribution in [-0.4, -0.2) is 42.0 Å². The van der Waals surface area contributed by atoms with Crippen molar-refractivity contribution in [1.82, 2.24) is 9.97 Å². The van der Waals surface area contributed by atoms with Crippen LogP contribution in [0.25, 0.3) is 11.3 Å². The molecular formula is C17H20N4O3. The minimum atomic E-state index is -0.613. The van der Waals surface area contributed by atoms with E-state index in [1.165, 1.54) is 7.11 Å². The van der Waals surface area contributed by atoms with Crippen LogP contribution in [-0.2, 0) is 4.74 Å². The topological polar surface area (TPSA) is 98.4 Å². The van der Waals surface area contributed by atoms with Gasteiger partial charge in [0.1, 0.15) is 5.69 Å². The summed E-state index contributed by atoms with van der Waals surface area (Å²) in [6.45, 7) is 5.38. The minimum absolute atomic E-state index is 0.152. The van der Waals surface area contributed by atoms with Crippen LogP contribution in [0.3, 0.4) is 0 Å². The predicted octanol–water partition coefficient (Wildman–Crippen LogP) is 1.88. The molecule has 0 aliphatic heterocycles. The van der Waals surface area contributed by atoms with E-state index in [1.54, 1.807) is 30.3 Å². The molecule has 0 aliphatic rings. The van der Waals surface area contributed by atoms with Crippen LogP contribution in [0.5, 0.6) is 0 Å².